The summed E-state index contributed by atoms with van der Waals surface area (Å²) in [5.74, 6) is 0.717. The number of thiocarbonyl (C=S) groups is 1. The smallest absolute Gasteiger partial charge is 0.261 e. The first-order valence-corrected chi connectivity index (χ1v) is 7.07. The van der Waals surface area contributed by atoms with Gasteiger partial charge >= 0.3 is 0 Å². The van der Waals surface area contributed by atoms with E-state index in [1.807, 2.05) is 44.2 Å². The number of hydrogen-bond donors (Lipinski definition) is 1. The molecule has 0 aliphatic heterocycles. The fraction of sp³-hybridized carbons (Fsp3) is 0.250. The van der Waals surface area contributed by atoms with Gasteiger partial charge in [0.15, 0.2) is 0 Å². The summed E-state index contributed by atoms with van der Waals surface area (Å²) in [6, 6.07) is 11.1. The Balaban J connectivity index is 2.78. The third-order valence-corrected chi connectivity index (χ3v) is 3.50. The van der Waals surface area contributed by atoms with Gasteiger partial charge in [-0.2, -0.15) is 0 Å². The Morgan fingerprint density at radius 1 is 1.24 bits per heavy atom. The number of hydrogen-bond acceptors (Lipinski definition) is 3. The summed E-state index contributed by atoms with van der Waals surface area (Å²) < 4.78 is 7.07. The van der Waals surface area contributed by atoms with Gasteiger partial charge in [0, 0.05) is 11.6 Å². The Hall–Kier alpha value is -2.14. The van der Waals surface area contributed by atoms with E-state index in [1.165, 1.54) is 0 Å². The van der Waals surface area contributed by atoms with Gasteiger partial charge in [0.1, 0.15) is 10.7 Å². The van der Waals surface area contributed by atoms with Crippen LogP contribution in [0.2, 0.25) is 0 Å². The van der Waals surface area contributed by atoms with Gasteiger partial charge in [-0.05, 0) is 38.1 Å². The molecule has 0 atom stereocenters. The number of nitrogens with zero attached hydrogens (tertiary/aromatic N) is 1. The minimum absolute atomic E-state index is 0.0216. The highest BCUT2D eigenvalue weighted by Crippen LogP contribution is 2.30. The van der Waals surface area contributed by atoms with Crippen LogP contribution in [0.25, 0.3) is 11.3 Å². The number of pyridine rings is 1. The quantitative estimate of drug-likeness (QED) is 0.882. The maximum absolute atomic E-state index is 12.6. The normalized spacial score (nSPS) is 10.7. The van der Waals surface area contributed by atoms with Crippen molar-refractivity contribution in [1.29, 1.82) is 0 Å². The Bertz CT molecular complexity index is 735. The molecule has 0 saturated carbocycles. The van der Waals surface area contributed by atoms with Gasteiger partial charge in [-0.3, -0.25) is 4.79 Å². The van der Waals surface area contributed by atoms with E-state index < -0.39 is 0 Å². The molecule has 2 aromatic rings. The van der Waals surface area contributed by atoms with E-state index in [9.17, 15) is 4.79 Å². The fourth-order valence-electron chi connectivity index (χ4n) is 2.33. The summed E-state index contributed by atoms with van der Waals surface area (Å²) in [6.07, 6.45) is 0. The zero-order valence-corrected chi connectivity index (χ0v) is 13.1. The summed E-state index contributed by atoms with van der Waals surface area (Å²) >= 11 is 4.94. The molecule has 0 saturated heterocycles. The molecule has 0 unspecified atom stereocenters. The fourth-order valence-corrected chi connectivity index (χ4v) is 2.48. The largest absolute Gasteiger partial charge is 0.496 e. The van der Waals surface area contributed by atoms with Gasteiger partial charge in [0.2, 0.25) is 0 Å². The molecule has 1 aromatic heterocycles. The lowest BCUT2D eigenvalue weighted by Crippen LogP contribution is -2.31. The van der Waals surface area contributed by atoms with Crippen LogP contribution in [-0.4, -0.2) is 16.7 Å². The SMILES string of the molecule is COc1ccccc1-c1ccc(C(N)=S)c(=O)n1C(C)C. The summed E-state index contributed by atoms with van der Waals surface area (Å²) in [6.45, 7) is 3.90. The third kappa shape index (κ3) is 2.83. The monoisotopic (exact) mass is 302 g/mol. The maximum Gasteiger partial charge on any atom is 0.261 e. The number of nitrogens with two attached hydrogens (primary N) is 1. The molecule has 0 amide bonds. The molecule has 0 fully saturated rings. The van der Waals surface area contributed by atoms with Crippen LogP contribution in [0.15, 0.2) is 41.2 Å². The van der Waals surface area contributed by atoms with Crippen LogP contribution < -0.4 is 16.0 Å². The van der Waals surface area contributed by atoms with Gasteiger partial charge in [-0.1, -0.05) is 24.4 Å². The Morgan fingerprint density at radius 3 is 2.48 bits per heavy atom. The van der Waals surface area contributed by atoms with Crippen molar-refractivity contribution < 1.29 is 4.74 Å². The molecule has 0 spiro atoms. The van der Waals surface area contributed by atoms with E-state index in [0.29, 0.717) is 5.56 Å². The van der Waals surface area contributed by atoms with E-state index in [2.05, 4.69) is 0 Å². The molecule has 1 aromatic carbocycles. The predicted molar refractivity (Wildman–Crippen MR) is 89.0 cm³/mol. The van der Waals surface area contributed by atoms with Crippen LogP contribution in [0.4, 0.5) is 0 Å². The van der Waals surface area contributed by atoms with E-state index in [1.54, 1.807) is 17.7 Å². The first kappa shape index (κ1) is 15.3. The van der Waals surface area contributed by atoms with Crippen LogP contribution in [-0.2, 0) is 0 Å². The van der Waals surface area contributed by atoms with E-state index in [4.69, 9.17) is 22.7 Å². The first-order valence-electron chi connectivity index (χ1n) is 6.66. The van der Waals surface area contributed by atoms with E-state index in [-0.39, 0.29) is 16.6 Å². The number of ether oxygens (including phenoxy) is 1. The van der Waals surface area contributed by atoms with E-state index >= 15 is 0 Å². The molecule has 2 N–H and O–H groups in total. The van der Waals surface area contributed by atoms with Gasteiger partial charge in [0.25, 0.3) is 5.56 Å². The van der Waals surface area contributed by atoms with Crippen molar-refractivity contribution in [3.8, 4) is 17.0 Å². The lowest BCUT2D eigenvalue weighted by atomic mass is 10.1. The van der Waals surface area contributed by atoms with Crippen LogP contribution in [0.1, 0.15) is 25.5 Å². The third-order valence-electron chi connectivity index (χ3n) is 3.28. The minimum Gasteiger partial charge on any atom is -0.496 e. The van der Waals surface area contributed by atoms with E-state index in [0.717, 1.165) is 17.0 Å². The molecule has 0 bridgehead atoms. The molecule has 21 heavy (non-hydrogen) atoms. The summed E-state index contributed by atoms with van der Waals surface area (Å²) in [4.78, 5) is 12.7. The molecule has 110 valence electrons. The highest BCUT2D eigenvalue weighted by atomic mass is 32.1. The van der Waals surface area contributed by atoms with Gasteiger partial charge in [0.05, 0.1) is 18.4 Å². The topological polar surface area (TPSA) is 57.2 Å². The molecule has 5 heteroatoms. The van der Waals surface area contributed by atoms with Crippen molar-refractivity contribution in [2.45, 2.75) is 19.9 Å². The predicted octanol–water partition coefficient (Wildman–Crippen LogP) is 2.74. The highest BCUT2D eigenvalue weighted by Gasteiger charge is 2.16. The van der Waals surface area contributed by atoms with Gasteiger partial charge in [-0.15, -0.1) is 0 Å². The molecule has 0 radical (unpaired) electrons. The average Bonchev–Trinajstić information content (AvgIpc) is 2.45. The number of aromatic nitrogens is 1. The molecule has 4 nitrogen and oxygen atoms in total. The van der Waals surface area contributed by atoms with Crippen LogP contribution in [0, 0.1) is 0 Å². The maximum atomic E-state index is 12.6. The highest BCUT2D eigenvalue weighted by molar-refractivity contribution is 7.80. The van der Waals surface area contributed by atoms with Crippen molar-refractivity contribution >= 4 is 17.2 Å². The Morgan fingerprint density at radius 2 is 1.90 bits per heavy atom. The minimum atomic E-state index is -0.180. The lowest BCUT2D eigenvalue weighted by molar-refractivity contribution is 0.415. The summed E-state index contributed by atoms with van der Waals surface area (Å²) in [5, 5.41) is 0. The van der Waals surface area contributed by atoms with Crippen molar-refractivity contribution in [2.75, 3.05) is 7.11 Å². The number of benzene rings is 1. The second kappa shape index (κ2) is 6.10. The molecule has 0 aliphatic rings. The summed E-state index contributed by atoms with van der Waals surface area (Å²) in [5.41, 5.74) is 7.45. The van der Waals surface area contributed by atoms with Crippen molar-refractivity contribution in [2.24, 2.45) is 5.73 Å². The second-order valence-electron chi connectivity index (χ2n) is 4.97. The Labute approximate surface area is 129 Å². The zero-order chi connectivity index (χ0) is 15.6. The molecule has 2 rings (SSSR count). The van der Waals surface area contributed by atoms with Crippen molar-refractivity contribution in [3.63, 3.8) is 0 Å². The molecular weight excluding hydrogens is 284 g/mol. The van der Waals surface area contributed by atoms with Gasteiger partial charge < -0.3 is 15.0 Å². The number of methoxy groups -OCH3 is 1. The van der Waals surface area contributed by atoms with Crippen molar-refractivity contribution in [1.82, 2.24) is 4.57 Å². The molecule has 1 heterocycles. The van der Waals surface area contributed by atoms with Crippen LogP contribution >= 0.6 is 12.2 Å². The first-order chi connectivity index (χ1) is 9.97. The summed E-state index contributed by atoms with van der Waals surface area (Å²) in [7, 11) is 1.61. The lowest BCUT2D eigenvalue weighted by Gasteiger charge is -2.19. The average molecular weight is 302 g/mol. The van der Waals surface area contributed by atoms with Crippen LogP contribution in [0.3, 0.4) is 0 Å². The zero-order valence-electron chi connectivity index (χ0n) is 12.3. The number of rotatable bonds is 4. The second-order valence-corrected chi connectivity index (χ2v) is 5.41. The standard InChI is InChI=1S/C16H18N2O2S/c1-10(2)18-13(9-8-12(15(17)21)16(18)19)11-6-4-5-7-14(11)20-3/h4-10H,1-3H3,(H2,17,21). The van der Waals surface area contributed by atoms with Crippen molar-refractivity contribution in [3.05, 3.63) is 52.3 Å². The molecule has 0 aliphatic carbocycles. The van der Waals surface area contributed by atoms with Crippen LogP contribution in [0.5, 0.6) is 5.75 Å². The number of para-hydroxylation sites is 1. The van der Waals surface area contributed by atoms with Gasteiger partial charge in [-0.25, -0.2) is 0 Å². The Kier molecular flexibility index (Phi) is 4.43. The molecular formula is C16H18N2O2S.